The maximum Gasteiger partial charge on any atom is 0.113 e. The van der Waals surface area contributed by atoms with Gasteiger partial charge in [-0.3, -0.25) is 0 Å². The Balaban J connectivity index is 5.27. The molecule has 0 aliphatic heterocycles. The standard InChI is InChI=1S/C28H52P/c1-5-9-13-17-21-25-29(26-22-18-14-10-6-2,27-23-19-15-11-7-3)28-24-20-16-12-8-4/h21-28H,5-20H2,1-4H3/q+1/b25-21+,26-22+,27-23+,28-24+. The van der Waals surface area contributed by atoms with Crippen LogP contribution in [0.25, 0.3) is 0 Å². The smallest absolute Gasteiger partial charge is 0.0654 e. The molecule has 1 heteroatoms. The quantitative estimate of drug-likeness (QED) is 0.136. The van der Waals surface area contributed by atoms with Crippen LogP contribution in [0.1, 0.15) is 130 Å². The highest BCUT2D eigenvalue weighted by molar-refractivity contribution is 7.87. The van der Waals surface area contributed by atoms with Gasteiger partial charge in [0.1, 0.15) is 7.26 Å². The second-order valence-electron chi connectivity index (χ2n) is 8.42. The van der Waals surface area contributed by atoms with Gasteiger partial charge in [0.25, 0.3) is 0 Å². The minimum Gasteiger partial charge on any atom is -0.0654 e. The molecule has 0 amide bonds. The molecule has 0 saturated heterocycles. The molecule has 0 aliphatic carbocycles. The molecule has 0 aliphatic rings. The summed E-state index contributed by atoms with van der Waals surface area (Å²) in [5.74, 6) is 10.3. The van der Waals surface area contributed by atoms with Gasteiger partial charge >= 0.3 is 0 Å². The van der Waals surface area contributed by atoms with Gasteiger partial charge in [0, 0.05) is 0 Å². The molecule has 0 saturated carbocycles. The van der Waals surface area contributed by atoms with Crippen LogP contribution in [-0.4, -0.2) is 0 Å². The molecule has 0 N–H and O–H groups in total. The fourth-order valence-corrected chi connectivity index (χ4v) is 6.03. The van der Waals surface area contributed by atoms with Crippen LogP contribution in [0.2, 0.25) is 0 Å². The molecule has 0 aromatic heterocycles. The second-order valence-corrected chi connectivity index (χ2v) is 11.4. The van der Waals surface area contributed by atoms with Crippen LogP contribution >= 0.6 is 7.26 Å². The van der Waals surface area contributed by atoms with Crippen molar-refractivity contribution in [3.8, 4) is 0 Å². The van der Waals surface area contributed by atoms with Gasteiger partial charge in [-0.2, -0.15) is 0 Å². The Bertz CT molecular complexity index is 356. The molecule has 0 spiro atoms. The van der Waals surface area contributed by atoms with Crippen molar-refractivity contribution >= 4 is 7.26 Å². The Morgan fingerprint density at radius 3 is 0.828 bits per heavy atom. The highest BCUT2D eigenvalue weighted by atomic mass is 31.2. The van der Waals surface area contributed by atoms with Gasteiger partial charge in [0.2, 0.25) is 0 Å². The van der Waals surface area contributed by atoms with Gasteiger partial charge < -0.3 is 0 Å². The van der Waals surface area contributed by atoms with Gasteiger partial charge in [-0.15, -0.1) is 0 Å². The van der Waals surface area contributed by atoms with Gasteiger partial charge in [-0.25, -0.2) is 0 Å². The minimum absolute atomic E-state index is 1.23. The van der Waals surface area contributed by atoms with Gasteiger partial charge in [0.15, 0.2) is 0 Å². The molecule has 0 aromatic rings. The monoisotopic (exact) mass is 419 g/mol. The molecule has 0 aromatic carbocycles. The maximum atomic E-state index is 2.58. The first-order valence-corrected chi connectivity index (χ1v) is 14.9. The van der Waals surface area contributed by atoms with Crippen molar-refractivity contribution in [1.29, 1.82) is 0 Å². The number of hydrogen-bond acceptors (Lipinski definition) is 0. The van der Waals surface area contributed by atoms with Crippen LogP contribution in [0.4, 0.5) is 0 Å². The summed E-state index contributed by atoms with van der Waals surface area (Å²) in [6, 6.07) is 0. The van der Waals surface area contributed by atoms with E-state index in [-0.39, 0.29) is 0 Å². The minimum atomic E-state index is -1.41. The van der Waals surface area contributed by atoms with Crippen LogP contribution in [0.15, 0.2) is 47.6 Å². The summed E-state index contributed by atoms with van der Waals surface area (Å²) >= 11 is 0. The van der Waals surface area contributed by atoms with E-state index in [1.807, 2.05) is 0 Å². The van der Waals surface area contributed by atoms with E-state index in [1.54, 1.807) is 0 Å². The summed E-state index contributed by atoms with van der Waals surface area (Å²) in [7, 11) is -1.41. The normalized spacial score (nSPS) is 13.1. The zero-order valence-corrected chi connectivity index (χ0v) is 21.3. The van der Waals surface area contributed by atoms with Crippen LogP contribution in [0, 0.1) is 0 Å². The lowest BCUT2D eigenvalue weighted by Gasteiger charge is -2.11. The molecule has 29 heavy (non-hydrogen) atoms. The molecule has 0 fully saturated rings. The zero-order valence-electron chi connectivity index (χ0n) is 20.4. The molecular formula is C28H52P+. The summed E-state index contributed by atoms with van der Waals surface area (Å²) in [5.41, 5.74) is 0. The molecule has 0 bridgehead atoms. The fraction of sp³-hybridized carbons (Fsp3) is 0.714. The summed E-state index contributed by atoms with van der Waals surface area (Å²) < 4.78 is 0. The van der Waals surface area contributed by atoms with Gasteiger partial charge in [-0.1, -0.05) is 79.1 Å². The first-order chi connectivity index (χ1) is 14.2. The second kappa shape index (κ2) is 22.1. The van der Waals surface area contributed by atoms with E-state index >= 15 is 0 Å². The lowest BCUT2D eigenvalue weighted by molar-refractivity contribution is 0.729. The highest BCUT2D eigenvalue weighted by Gasteiger charge is 2.25. The van der Waals surface area contributed by atoms with E-state index in [9.17, 15) is 0 Å². The first-order valence-electron chi connectivity index (χ1n) is 12.8. The summed E-state index contributed by atoms with van der Waals surface area (Å²) in [6.07, 6.45) is 30.8. The van der Waals surface area contributed by atoms with Crippen molar-refractivity contribution in [3.05, 3.63) is 47.6 Å². The summed E-state index contributed by atoms with van der Waals surface area (Å²) in [4.78, 5) is 0. The van der Waals surface area contributed by atoms with Crippen LogP contribution in [-0.2, 0) is 0 Å². The molecule has 0 radical (unpaired) electrons. The lowest BCUT2D eigenvalue weighted by atomic mass is 10.2. The topological polar surface area (TPSA) is 0 Å². The third-order valence-corrected chi connectivity index (χ3v) is 8.26. The molecule has 0 nitrogen and oxygen atoms in total. The Hall–Kier alpha value is -0.610. The van der Waals surface area contributed by atoms with Crippen LogP contribution < -0.4 is 0 Å². The zero-order chi connectivity index (χ0) is 21.5. The molecule has 168 valence electrons. The van der Waals surface area contributed by atoms with Crippen LogP contribution in [0.3, 0.4) is 0 Å². The SMILES string of the molecule is CCCCC/C=C/[P+](/C=C/CCCCC)(/C=C/CCCCC)/C=C/CCCCC. The van der Waals surface area contributed by atoms with E-state index in [4.69, 9.17) is 0 Å². The van der Waals surface area contributed by atoms with Crippen molar-refractivity contribution in [2.75, 3.05) is 0 Å². The maximum absolute atomic E-state index is 2.58. The van der Waals surface area contributed by atoms with E-state index in [0.717, 1.165) is 0 Å². The first kappa shape index (κ1) is 28.4. The third kappa shape index (κ3) is 17.9. The molecular weight excluding hydrogens is 367 g/mol. The molecule has 0 heterocycles. The van der Waals surface area contributed by atoms with Gasteiger partial charge in [-0.05, 0) is 75.7 Å². The largest absolute Gasteiger partial charge is 0.113 e. The predicted molar refractivity (Wildman–Crippen MR) is 140 cm³/mol. The lowest BCUT2D eigenvalue weighted by Crippen LogP contribution is -1.81. The Labute approximate surface area is 185 Å². The fourth-order valence-electron chi connectivity index (χ4n) is 3.38. The molecule has 0 atom stereocenters. The Kier molecular flexibility index (Phi) is 21.6. The van der Waals surface area contributed by atoms with Crippen molar-refractivity contribution in [1.82, 2.24) is 0 Å². The van der Waals surface area contributed by atoms with E-state index in [1.165, 1.54) is 103 Å². The molecule has 0 rings (SSSR count). The number of allylic oxidation sites excluding steroid dienone is 4. The van der Waals surface area contributed by atoms with Crippen molar-refractivity contribution in [2.24, 2.45) is 0 Å². The summed E-state index contributed by atoms with van der Waals surface area (Å²) in [5, 5.41) is 0. The number of unbranched alkanes of at least 4 members (excludes halogenated alkanes) is 12. The Morgan fingerprint density at radius 2 is 0.621 bits per heavy atom. The molecule has 0 unspecified atom stereocenters. The predicted octanol–water partition coefficient (Wildman–Crippen LogP) is 11.4. The van der Waals surface area contributed by atoms with Crippen molar-refractivity contribution < 1.29 is 0 Å². The number of hydrogen-bond donors (Lipinski definition) is 0. The van der Waals surface area contributed by atoms with Crippen molar-refractivity contribution in [2.45, 2.75) is 130 Å². The highest BCUT2D eigenvalue weighted by Crippen LogP contribution is 2.65. The average Bonchev–Trinajstić information content (AvgIpc) is 2.73. The van der Waals surface area contributed by atoms with E-state index in [0.29, 0.717) is 0 Å². The van der Waals surface area contributed by atoms with E-state index in [2.05, 4.69) is 75.3 Å². The van der Waals surface area contributed by atoms with Crippen LogP contribution in [0.5, 0.6) is 0 Å². The van der Waals surface area contributed by atoms with Gasteiger partial charge in [0.05, 0.1) is 23.3 Å². The summed E-state index contributed by atoms with van der Waals surface area (Å²) in [6.45, 7) is 9.16. The van der Waals surface area contributed by atoms with Crippen molar-refractivity contribution in [3.63, 3.8) is 0 Å². The number of rotatable bonds is 20. The Morgan fingerprint density at radius 1 is 0.379 bits per heavy atom. The van der Waals surface area contributed by atoms with E-state index < -0.39 is 7.26 Å². The third-order valence-electron chi connectivity index (χ3n) is 5.35. The average molecular weight is 420 g/mol.